The normalized spacial score (nSPS) is 13.4. The molecule has 0 N–H and O–H groups in total. The Bertz CT molecular complexity index is 1440. The van der Waals surface area contributed by atoms with Gasteiger partial charge < -0.3 is 0 Å². The maximum absolute atomic E-state index is 2.60. The first-order valence-corrected chi connectivity index (χ1v) is 23.8. The molecule has 0 aliphatic rings. The van der Waals surface area contributed by atoms with Crippen LogP contribution >= 0.6 is 21.7 Å². The van der Waals surface area contributed by atoms with E-state index in [2.05, 4.69) is 178 Å². The van der Waals surface area contributed by atoms with E-state index in [4.69, 9.17) is 0 Å². The third kappa shape index (κ3) is 5.77. The highest BCUT2D eigenvalue weighted by atomic mass is 32.2. The van der Waals surface area contributed by atoms with E-state index in [1.165, 1.54) is 27.6 Å². The molecule has 5 rings (SSSR count). The molecule has 0 amide bonds. The summed E-state index contributed by atoms with van der Waals surface area (Å²) in [4.78, 5) is 0. The second kappa shape index (κ2) is 13.0. The molecule has 0 spiro atoms. The van der Waals surface area contributed by atoms with E-state index in [-0.39, 0.29) is 7.16 Å². The molecule has 0 fully saturated rings. The van der Waals surface area contributed by atoms with Crippen molar-refractivity contribution in [2.24, 2.45) is 0 Å². The number of hydrogen-bond donors (Lipinski definition) is 0. The minimum absolute atomic E-state index is 0.364. The molecule has 5 aromatic rings. The summed E-state index contributed by atoms with van der Waals surface area (Å²) >= 11 is 0. The fourth-order valence-electron chi connectivity index (χ4n) is 5.72. The summed E-state index contributed by atoms with van der Waals surface area (Å²) < 4.78 is 0. The quantitative estimate of drug-likeness (QED) is 0.118. The lowest BCUT2D eigenvalue weighted by molar-refractivity contribution is 1.52. The highest BCUT2D eigenvalue weighted by Crippen LogP contribution is 2.77. The van der Waals surface area contributed by atoms with Gasteiger partial charge in [-0.15, -0.1) is 0 Å². The zero-order valence-corrected chi connectivity index (χ0v) is 27.7. The summed E-state index contributed by atoms with van der Waals surface area (Å²) in [7, 11) is -2.45. The van der Waals surface area contributed by atoms with E-state index < -0.39 is 22.2 Å². The Labute approximate surface area is 244 Å². The maximum atomic E-state index is 2.60. The first-order valence-electron chi connectivity index (χ1n) is 14.1. The Morgan fingerprint density at radius 3 is 1.23 bits per heavy atom. The topological polar surface area (TPSA) is 0 Å². The van der Waals surface area contributed by atoms with Crippen molar-refractivity contribution >= 4 is 55.6 Å². The first-order chi connectivity index (χ1) is 19.5. The minimum atomic E-state index is -2.22. The molecule has 0 aromatic heterocycles. The van der Waals surface area contributed by atoms with Gasteiger partial charge in [-0.25, -0.2) is 0 Å². The van der Waals surface area contributed by atoms with Gasteiger partial charge in [-0.2, -0.15) is 0 Å². The van der Waals surface area contributed by atoms with Gasteiger partial charge in [-0.1, -0.05) is 185 Å². The van der Waals surface area contributed by atoms with Crippen molar-refractivity contribution < 1.29 is 0 Å². The Hall–Kier alpha value is -2.52. The smallest absolute Gasteiger partial charge is 0.0651 e. The molecule has 40 heavy (non-hydrogen) atoms. The van der Waals surface area contributed by atoms with Gasteiger partial charge in [0, 0.05) is 0 Å². The lowest BCUT2D eigenvalue weighted by Crippen LogP contribution is -2.32. The Kier molecular flexibility index (Phi) is 9.40. The average molecular weight is 593 g/mol. The Morgan fingerprint density at radius 2 is 0.875 bits per heavy atom. The molecule has 202 valence electrons. The zero-order valence-electron chi connectivity index (χ0n) is 24.0. The van der Waals surface area contributed by atoms with Crippen LogP contribution in [-0.2, 0) is 0 Å². The van der Waals surface area contributed by atoms with E-state index in [0.29, 0.717) is 0 Å². The van der Waals surface area contributed by atoms with Gasteiger partial charge >= 0.3 is 0 Å². The molecule has 0 aliphatic heterocycles. The molecule has 0 aliphatic carbocycles. The van der Waals surface area contributed by atoms with Gasteiger partial charge in [-0.3, -0.25) is 0 Å². The molecule has 0 bridgehead atoms. The van der Waals surface area contributed by atoms with Gasteiger partial charge in [0.1, 0.15) is 0 Å². The zero-order chi connectivity index (χ0) is 28.0. The lowest BCUT2D eigenvalue weighted by Gasteiger charge is -2.43. The largest absolute Gasteiger partial charge is 0.0830 e. The van der Waals surface area contributed by atoms with E-state index in [0.717, 1.165) is 0 Å². The second-order valence-electron chi connectivity index (χ2n) is 10.9. The van der Waals surface area contributed by atoms with Crippen molar-refractivity contribution in [1.29, 1.82) is 0 Å². The van der Waals surface area contributed by atoms with Gasteiger partial charge in [0.05, 0.1) is 7.74 Å². The van der Waals surface area contributed by atoms with Crippen LogP contribution in [0.4, 0.5) is 0 Å². The molecule has 0 saturated heterocycles. The van der Waals surface area contributed by atoms with E-state index in [9.17, 15) is 0 Å². The molecule has 2 unspecified atom stereocenters. The van der Waals surface area contributed by atoms with Crippen LogP contribution < -0.4 is 21.2 Å². The monoisotopic (exact) mass is 592 g/mol. The Morgan fingerprint density at radius 1 is 0.525 bits per heavy atom. The molecule has 2 atom stereocenters. The summed E-state index contributed by atoms with van der Waals surface area (Å²) in [5.41, 5.74) is 1.42. The van der Waals surface area contributed by atoms with Crippen molar-refractivity contribution in [3.63, 3.8) is 0 Å². The molecular formula is C36H39P3Si. The van der Waals surface area contributed by atoms with Crippen LogP contribution in [0.5, 0.6) is 0 Å². The van der Waals surface area contributed by atoms with Crippen molar-refractivity contribution in [2.45, 2.75) is 26.6 Å². The standard InChI is InChI=1S/C36H39P3Si/c1-5-37(38(40(2,3)4)32-23-13-7-14-24-32)36(31-21-11-6-12-22-31)39(33-25-15-8-16-26-33,34-27-17-9-18-28-34)35-29-19-10-20-30-35/h6-30H,5H2,1-4H3. The fraction of sp³-hybridized carbons (Fsp3) is 0.139. The van der Waals surface area contributed by atoms with E-state index in [1.54, 1.807) is 10.3 Å². The van der Waals surface area contributed by atoms with Crippen molar-refractivity contribution in [3.05, 3.63) is 157 Å². The lowest BCUT2D eigenvalue weighted by atomic mass is 10.2. The second-order valence-corrected chi connectivity index (χ2v) is 31.1. The predicted octanol–water partition coefficient (Wildman–Crippen LogP) is 9.22. The van der Waals surface area contributed by atoms with Crippen LogP contribution in [0, 0.1) is 0 Å². The van der Waals surface area contributed by atoms with Crippen LogP contribution in [0.2, 0.25) is 19.6 Å². The van der Waals surface area contributed by atoms with Crippen molar-refractivity contribution in [1.82, 2.24) is 0 Å². The van der Waals surface area contributed by atoms with Gasteiger partial charge in [0.2, 0.25) is 0 Å². The first kappa shape index (κ1) is 29.0. The molecule has 0 saturated carbocycles. The summed E-state index contributed by atoms with van der Waals surface area (Å²) in [6.45, 7) is 8.06. The number of rotatable bonds is 9. The number of hydrogen-bond acceptors (Lipinski definition) is 0. The SMILES string of the molecule is CCP(C(c1ccccc1)=P(c1ccccc1)(c1ccccc1)c1ccccc1)P(c1ccccc1)[Si](C)(C)C. The third-order valence-electron chi connectivity index (χ3n) is 7.20. The summed E-state index contributed by atoms with van der Waals surface area (Å²) in [6, 6.07) is 57.3. The summed E-state index contributed by atoms with van der Waals surface area (Å²) in [5, 5.41) is 7.62. The molecule has 0 radical (unpaired) electrons. The fourth-order valence-corrected chi connectivity index (χ4v) is 35.4. The van der Waals surface area contributed by atoms with Crippen LogP contribution in [0.3, 0.4) is 0 Å². The molecule has 4 heteroatoms. The Balaban J connectivity index is 2.05. The van der Waals surface area contributed by atoms with Crippen LogP contribution in [0.15, 0.2) is 152 Å². The molecule has 0 heterocycles. The minimum Gasteiger partial charge on any atom is -0.0651 e. The molecular weight excluding hydrogens is 553 g/mol. The average Bonchev–Trinajstić information content (AvgIpc) is 3.00. The number of benzene rings is 5. The molecule has 0 nitrogen and oxygen atoms in total. The highest BCUT2D eigenvalue weighted by molar-refractivity contribution is 8.54. The van der Waals surface area contributed by atoms with E-state index >= 15 is 0 Å². The van der Waals surface area contributed by atoms with Gasteiger partial charge in [0.15, 0.2) is 0 Å². The summed E-state index contributed by atoms with van der Waals surface area (Å²) in [5.74, 6) is 0. The van der Waals surface area contributed by atoms with Gasteiger partial charge in [0.25, 0.3) is 0 Å². The van der Waals surface area contributed by atoms with Gasteiger partial charge in [-0.05, 0) is 52.5 Å². The molecule has 5 aromatic carbocycles. The third-order valence-corrected chi connectivity index (χ3v) is 33.0. The van der Waals surface area contributed by atoms with Crippen LogP contribution in [-0.4, -0.2) is 18.9 Å². The van der Waals surface area contributed by atoms with E-state index in [1.807, 2.05) is 0 Å². The predicted molar refractivity (Wildman–Crippen MR) is 190 cm³/mol. The highest BCUT2D eigenvalue weighted by Gasteiger charge is 2.41. The van der Waals surface area contributed by atoms with Crippen LogP contribution in [0.25, 0.3) is 0 Å². The van der Waals surface area contributed by atoms with Crippen molar-refractivity contribution in [3.8, 4) is 0 Å². The summed E-state index contributed by atoms with van der Waals surface area (Å²) in [6.07, 6.45) is 1.18. The van der Waals surface area contributed by atoms with Crippen LogP contribution in [0.1, 0.15) is 12.5 Å². The van der Waals surface area contributed by atoms with Crippen molar-refractivity contribution in [2.75, 3.05) is 6.16 Å². The maximum Gasteiger partial charge on any atom is 0.0830 e.